The first-order chi connectivity index (χ1) is 17.1. The number of aliphatic hydroxyl groups excluding tert-OH is 1. The third-order valence-electron chi connectivity index (χ3n) is 6.12. The molecule has 0 amide bonds. The summed E-state index contributed by atoms with van der Waals surface area (Å²) in [4.78, 5) is 17.9. The van der Waals surface area contributed by atoms with Crippen LogP contribution in [0.3, 0.4) is 0 Å². The predicted molar refractivity (Wildman–Crippen MR) is 128 cm³/mol. The SMILES string of the molecule is CCCC(O)OC(=O)[C@](C)(Cc1ccccc1)c1ccnc2c(-c3ccc(C(F)(F)F)cc3)cnn12. The summed E-state index contributed by atoms with van der Waals surface area (Å²) in [5, 5.41) is 14.6. The lowest BCUT2D eigenvalue weighted by Gasteiger charge is -2.29. The van der Waals surface area contributed by atoms with Gasteiger partial charge >= 0.3 is 12.1 Å². The van der Waals surface area contributed by atoms with Crippen molar-refractivity contribution in [3.8, 4) is 11.1 Å². The van der Waals surface area contributed by atoms with Crippen LogP contribution in [0.1, 0.15) is 43.5 Å². The van der Waals surface area contributed by atoms with Crippen LogP contribution in [-0.2, 0) is 27.5 Å². The van der Waals surface area contributed by atoms with Gasteiger partial charge in [0.25, 0.3) is 0 Å². The Morgan fingerprint density at radius 2 is 1.78 bits per heavy atom. The number of carbonyl (C=O) groups is 1. The van der Waals surface area contributed by atoms with Gasteiger partial charge in [0.2, 0.25) is 6.29 Å². The number of nitrogens with zero attached hydrogens (tertiary/aromatic N) is 3. The average molecular weight is 498 g/mol. The number of ether oxygens (including phenoxy) is 1. The number of aliphatic hydroxyl groups is 1. The van der Waals surface area contributed by atoms with Gasteiger partial charge in [-0.15, -0.1) is 0 Å². The molecular formula is C27H26F3N3O3. The van der Waals surface area contributed by atoms with E-state index in [4.69, 9.17) is 4.74 Å². The zero-order chi connectivity index (χ0) is 25.9. The van der Waals surface area contributed by atoms with Gasteiger partial charge in [-0.2, -0.15) is 18.3 Å². The summed E-state index contributed by atoms with van der Waals surface area (Å²) in [5.41, 5.74) is 0.764. The van der Waals surface area contributed by atoms with E-state index in [1.165, 1.54) is 29.0 Å². The van der Waals surface area contributed by atoms with E-state index in [2.05, 4.69) is 10.1 Å². The number of hydrogen-bond acceptors (Lipinski definition) is 5. The van der Waals surface area contributed by atoms with Gasteiger partial charge in [-0.05, 0) is 42.7 Å². The molecule has 2 aromatic carbocycles. The molecule has 188 valence electrons. The molecule has 6 nitrogen and oxygen atoms in total. The molecule has 0 radical (unpaired) electrons. The number of carbonyl (C=O) groups excluding carboxylic acids is 1. The van der Waals surface area contributed by atoms with Crippen molar-refractivity contribution in [2.45, 2.75) is 51.0 Å². The van der Waals surface area contributed by atoms with Gasteiger partial charge in [0.1, 0.15) is 5.41 Å². The minimum Gasteiger partial charge on any atom is -0.435 e. The Labute approximate surface area is 206 Å². The van der Waals surface area contributed by atoms with Crippen LogP contribution >= 0.6 is 0 Å². The molecule has 2 atom stereocenters. The molecule has 0 saturated carbocycles. The molecule has 0 aliphatic carbocycles. The summed E-state index contributed by atoms with van der Waals surface area (Å²) in [6.07, 6.45) is -1.44. The summed E-state index contributed by atoms with van der Waals surface area (Å²) in [6.45, 7) is 3.59. The van der Waals surface area contributed by atoms with Crippen molar-refractivity contribution in [2.24, 2.45) is 0 Å². The number of hydrogen-bond donors (Lipinski definition) is 1. The van der Waals surface area contributed by atoms with Crippen molar-refractivity contribution in [3.05, 3.63) is 89.9 Å². The Hall–Kier alpha value is -3.72. The first-order valence-electron chi connectivity index (χ1n) is 11.6. The summed E-state index contributed by atoms with van der Waals surface area (Å²) in [5.74, 6) is -0.619. The minimum atomic E-state index is -4.44. The second-order valence-electron chi connectivity index (χ2n) is 8.84. The fourth-order valence-corrected chi connectivity index (χ4v) is 4.18. The van der Waals surface area contributed by atoms with Gasteiger partial charge in [0.15, 0.2) is 5.65 Å². The van der Waals surface area contributed by atoms with Crippen LogP contribution in [-0.4, -0.2) is 32.0 Å². The molecule has 0 spiro atoms. The zero-order valence-corrected chi connectivity index (χ0v) is 19.9. The highest BCUT2D eigenvalue weighted by atomic mass is 19.4. The number of fused-ring (bicyclic) bond motifs is 1. The molecule has 2 heterocycles. The van der Waals surface area contributed by atoms with Crippen LogP contribution in [0.2, 0.25) is 0 Å². The van der Waals surface area contributed by atoms with E-state index in [0.29, 0.717) is 35.3 Å². The highest BCUT2D eigenvalue weighted by Crippen LogP contribution is 2.34. The monoisotopic (exact) mass is 497 g/mol. The maximum atomic E-state index is 13.5. The molecule has 2 aromatic heterocycles. The summed E-state index contributed by atoms with van der Waals surface area (Å²) < 4.78 is 45.9. The number of alkyl halides is 3. The molecule has 4 rings (SSSR count). The summed E-state index contributed by atoms with van der Waals surface area (Å²) in [7, 11) is 0. The Bertz CT molecular complexity index is 1340. The van der Waals surface area contributed by atoms with Crippen molar-refractivity contribution in [2.75, 3.05) is 0 Å². The topological polar surface area (TPSA) is 76.7 Å². The van der Waals surface area contributed by atoms with Crippen molar-refractivity contribution in [3.63, 3.8) is 0 Å². The van der Waals surface area contributed by atoms with E-state index in [9.17, 15) is 23.1 Å². The van der Waals surface area contributed by atoms with Gasteiger partial charge in [0.05, 0.1) is 17.5 Å². The lowest BCUT2D eigenvalue weighted by Crippen LogP contribution is -2.40. The van der Waals surface area contributed by atoms with Gasteiger partial charge in [0, 0.05) is 18.2 Å². The molecule has 9 heteroatoms. The van der Waals surface area contributed by atoms with Crippen molar-refractivity contribution in [1.82, 2.24) is 14.6 Å². The molecule has 0 fully saturated rings. The van der Waals surface area contributed by atoms with Crippen LogP contribution < -0.4 is 0 Å². The molecule has 0 saturated heterocycles. The van der Waals surface area contributed by atoms with Crippen LogP contribution in [0.15, 0.2) is 73.1 Å². The van der Waals surface area contributed by atoms with E-state index in [-0.39, 0.29) is 6.42 Å². The van der Waals surface area contributed by atoms with Gasteiger partial charge in [-0.3, -0.25) is 4.79 Å². The van der Waals surface area contributed by atoms with Gasteiger partial charge in [-0.1, -0.05) is 55.8 Å². The average Bonchev–Trinajstić information content (AvgIpc) is 3.28. The smallest absolute Gasteiger partial charge is 0.416 e. The van der Waals surface area contributed by atoms with E-state index in [1.807, 2.05) is 37.3 Å². The van der Waals surface area contributed by atoms with Crippen LogP contribution in [0.25, 0.3) is 16.8 Å². The van der Waals surface area contributed by atoms with Crippen molar-refractivity contribution in [1.29, 1.82) is 0 Å². The van der Waals surface area contributed by atoms with Crippen LogP contribution in [0.5, 0.6) is 0 Å². The maximum Gasteiger partial charge on any atom is 0.416 e. The Kier molecular flexibility index (Phi) is 7.12. The summed E-state index contributed by atoms with van der Waals surface area (Å²) in [6, 6.07) is 15.8. The number of halogens is 3. The van der Waals surface area contributed by atoms with E-state index < -0.39 is 29.4 Å². The third-order valence-corrected chi connectivity index (χ3v) is 6.12. The predicted octanol–water partition coefficient (Wildman–Crippen LogP) is 5.58. The van der Waals surface area contributed by atoms with E-state index in [0.717, 1.165) is 17.7 Å². The van der Waals surface area contributed by atoms with E-state index >= 15 is 0 Å². The first kappa shape index (κ1) is 25.4. The molecule has 4 aromatic rings. The van der Waals surface area contributed by atoms with Gasteiger partial charge in [-0.25, -0.2) is 9.50 Å². The minimum absolute atomic E-state index is 0.264. The number of rotatable bonds is 8. The number of aromatic nitrogens is 3. The Morgan fingerprint density at radius 3 is 2.42 bits per heavy atom. The third kappa shape index (κ3) is 5.11. The van der Waals surface area contributed by atoms with Crippen molar-refractivity contribution < 1.29 is 27.8 Å². The van der Waals surface area contributed by atoms with Crippen LogP contribution in [0.4, 0.5) is 13.2 Å². The number of benzene rings is 2. The molecule has 0 aliphatic rings. The molecule has 1 unspecified atom stereocenters. The second kappa shape index (κ2) is 10.1. The normalized spacial score (nSPS) is 14.4. The standard InChI is InChI=1S/C27H26F3N3O3/c1-3-7-23(34)36-25(35)26(2,16-18-8-5-4-6-9-18)22-14-15-31-24-21(17-32-33(22)24)19-10-12-20(13-11-19)27(28,29)30/h4-6,8-15,17,23,34H,3,7,16H2,1-2H3/t23?,26-/m1/s1. The fourth-order valence-electron chi connectivity index (χ4n) is 4.18. The molecule has 1 N–H and O–H groups in total. The lowest BCUT2D eigenvalue weighted by atomic mass is 9.80. The molecular weight excluding hydrogens is 471 g/mol. The van der Waals surface area contributed by atoms with Crippen LogP contribution in [0, 0.1) is 0 Å². The number of esters is 1. The van der Waals surface area contributed by atoms with E-state index in [1.54, 1.807) is 13.0 Å². The quantitative estimate of drug-likeness (QED) is 0.254. The highest BCUT2D eigenvalue weighted by Gasteiger charge is 2.41. The fraction of sp³-hybridized carbons (Fsp3) is 0.296. The summed E-state index contributed by atoms with van der Waals surface area (Å²) >= 11 is 0. The first-order valence-corrected chi connectivity index (χ1v) is 11.6. The van der Waals surface area contributed by atoms with Gasteiger partial charge < -0.3 is 9.84 Å². The molecule has 0 bridgehead atoms. The Morgan fingerprint density at radius 1 is 1.08 bits per heavy atom. The zero-order valence-electron chi connectivity index (χ0n) is 19.9. The van der Waals surface area contributed by atoms with Crippen molar-refractivity contribution >= 4 is 11.6 Å². The largest absolute Gasteiger partial charge is 0.435 e. The lowest BCUT2D eigenvalue weighted by molar-refractivity contribution is -0.175. The maximum absolute atomic E-state index is 13.5. The molecule has 0 aliphatic heterocycles. The second-order valence-corrected chi connectivity index (χ2v) is 8.84. The molecule has 36 heavy (non-hydrogen) atoms. The Balaban J connectivity index is 1.79. The highest BCUT2D eigenvalue weighted by molar-refractivity contribution is 5.84.